The van der Waals surface area contributed by atoms with Crippen LogP contribution in [-0.4, -0.2) is 23.2 Å². The van der Waals surface area contributed by atoms with Crippen molar-refractivity contribution in [2.45, 2.75) is 32.6 Å². The molecule has 0 bridgehead atoms. The van der Waals surface area contributed by atoms with Crippen LogP contribution in [0.2, 0.25) is 0 Å². The molecule has 3 N–H and O–H groups in total. The van der Waals surface area contributed by atoms with Gasteiger partial charge in [-0.1, -0.05) is 0 Å². The van der Waals surface area contributed by atoms with E-state index in [1.54, 1.807) is 0 Å². The van der Waals surface area contributed by atoms with Crippen molar-refractivity contribution in [3.63, 3.8) is 0 Å². The summed E-state index contributed by atoms with van der Waals surface area (Å²) in [6.45, 7) is 3.38. The third-order valence-electron chi connectivity index (χ3n) is 2.79. The van der Waals surface area contributed by atoms with Crippen LogP contribution >= 0.6 is 0 Å². The van der Waals surface area contributed by atoms with Crippen LogP contribution in [0.3, 0.4) is 0 Å². The van der Waals surface area contributed by atoms with Crippen molar-refractivity contribution in [3.05, 3.63) is 17.1 Å². The van der Waals surface area contributed by atoms with Crippen LogP contribution in [0.4, 0.5) is 5.82 Å². The molecule has 5 heteroatoms. The fraction of sp³-hybridized carbons (Fsp3) is 0.636. The number of rotatable bonds is 5. The average Bonchev–Trinajstić information content (AvgIpc) is 2.76. The fourth-order valence-corrected chi connectivity index (χ4v) is 2.02. The molecule has 1 heterocycles. The van der Waals surface area contributed by atoms with E-state index in [2.05, 4.69) is 15.4 Å². The summed E-state index contributed by atoms with van der Waals surface area (Å²) in [5.41, 5.74) is 5.00. The van der Waals surface area contributed by atoms with Gasteiger partial charge in [-0.15, -0.1) is 0 Å². The maximum Gasteiger partial charge on any atom is 0.147 e. The lowest BCUT2D eigenvalue weighted by Crippen LogP contribution is -2.14. The fourth-order valence-electron chi connectivity index (χ4n) is 2.02. The molecule has 0 aromatic carbocycles. The molecule has 2 rings (SSSR count). The Labute approximate surface area is 95.4 Å². The molecule has 5 nitrogen and oxygen atoms in total. The number of hydrazine groups is 1. The maximum absolute atomic E-state index is 5.48. The van der Waals surface area contributed by atoms with Gasteiger partial charge in [0.1, 0.15) is 11.6 Å². The number of hydrogen-bond acceptors (Lipinski definition) is 5. The molecule has 0 spiro atoms. The number of nitrogens with zero attached hydrogens (tertiary/aromatic N) is 2. The van der Waals surface area contributed by atoms with Crippen LogP contribution in [0.5, 0.6) is 0 Å². The Hall–Kier alpha value is -1.20. The molecule has 1 aliphatic carbocycles. The number of ether oxygens (including phenoxy) is 1. The Bertz CT molecular complexity index is 367. The summed E-state index contributed by atoms with van der Waals surface area (Å²) in [7, 11) is 0. The zero-order valence-corrected chi connectivity index (χ0v) is 9.62. The third kappa shape index (κ3) is 2.31. The standard InChI is InChI=1S/C11H18N4O/c1-2-16-7-6-10-13-9-5-3-4-8(9)11(14-10)15-12/h2-7,12H2,1H3,(H,13,14,15). The molecule has 88 valence electrons. The summed E-state index contributed by atoms with van der Waals surface area (Å²) >= 11 is 0. The van der Waals surface area contributed by atoms with Crippen molar-refractivity contribution in [3.8, 4) is 0 Å². The summed E-state index contributed by atoms with van der Waals surface area (Å²) in [5.74, 6) is 7.08. The highest BCUT2D eigenvalue weighted by molar-refractivity contribution is 5.47. The van der Waals surface area contributed by atoms with Gasteiger partial charge >= 0.3 is 0 Å². The van der Waals surface area contributed by atoms with E-state index in [0.29, 0.717) is 6.61 Å². The maximum atomic E-state index is 5.48. The number of fused-ring (bicyclic) bond motifs is 1. The topological polar surface area (TPSA) is 73.1 Å². The van der Waals surface area contributed by atoms with Gasteiger partial charge in [-0.2, -0.15) is 0 Å². The van der Waals surface area contributed by atoms with Crippen molar-refractivity contribution in [1.29, 1.82) is 0 Å². The molecule has 0 unspecified atom stereocenters. The second-order valence-electron chi connectivity index (χ2n) is 3.86. The number of hydrogen-bond donors (Lipinski definition) is 2. The molecule has 0 amide bonds. The van der Waals surface area contributed by atoms with E-state index in [1.807, 2.05) is 6.92 Å². The molecule has 0 saturated carbocycles. The van der Waals surface area contributed by atoms with Crippen LogP contribution in [-0.2, 0) is 24.0 Å². The molecule has 1 aromatic rings. The third-order valence-corrected chi connectivity index (χ3v) is 2.79. The van der Waals surface area contributed by atoms with E-state index in [9.17, 15) is 0 Å². The van der Waals surface area contributed by atoms with Crippen molar-refractivity contribution >= 4 is 5.82 Å². The van der Waals surface area contributed by atoms with Crippen molar-refractivity contribution in [1.82, 2.24) is 9.97 Å². The molecule has 0 aliphatic heterocycles. The van der Waals surface area contributed by atoms with Gasteiger partial charge in [0.05, 0.1) is 6.61 Å². The molecule has 0 saturated heterocycles. The SMILES string of the molecule is CCOCCc1nc2c(c(NN)n1)CCC2. The predicted octanol–water partition coefficient (Wildman–Crippen LogP) is 0.830. The number of nitrogens with one attached hydrogen (secondary N) is 1. The summed E-state index contributed by atoms with van der Waals surface area (Å²) in [6.07, 6.45) is 3.96. The van der Waals surface area contributed by atoms with Gasteiger partial charge in [0.25, 0.3) is 0 Å². The Morgan fingerprint density at radius 2 is 2.25 bits per heavy atom. The highest BCUT2D eigenvalue weighted by Crippen LogP contribution is 2.25. The van der Waals surface area contributed by atoms with E-state index >= 15 is 0 Å². The van der Waals surface area contributed by atoms with Gasteiger partial charge in [0.15, 0.2) is 0 Å². The van der Waals surface area contributed by atoms with Crippen LogP contribution in [0.25, 0.3) is 0 Å². The van der Waals surface area contributed by atoms with Crippen LogP contribution in [0.15, 0.2) is 0 Å². The minimum Gasteiger partial charge on any atom is -0.381 e. The number of nitrogen functional groups attached to an aromatic ring is 1. The van der Waals surface area contributed by atoms with Gasteiger partial charge in [-0.05, 0) is 26.2 Å². The highest BCUT2D eigenvalue weighted by atomic mass is 16.5. The smallest absolute Gasteiger partial charge is 0.147 e. The first-order chi connectivity index (χ1) is 7.85. The lowest BCUT2D eigenvalue weighted by molar-refractivity contribution is 0.149. The first-order valence-corrected chi connectivity index (χ1v) is 5.78. The minimum absolute atomic E-state index is 0.666. The minimum atomic E-state index is 0.666. The van der Waals surface area contributed by atoms with Crippen molar-refractivity contribution < 1.29 is 4.74 Å². The van der Waals surface area contributed by atoms with Gasteiger partial charge in [-0.3, -0.25) is 0 Å². The van der Waals surface area contributed by atoms with Gasteiger partial charge < -0.3 is 10.2 Å². The second-order valence-corrected chi connectivity index (χ2v) is 3.86. The lowest BCUT2D eigenvalue weighted by atomic mass is 10.2. The molecule has 0 radical (unpaired) electrons. The Morgan fingerprint density at radius 1 is 1.38 bits per heavy atom. The summed E-state index contributed by atoms with van der Waals surface area (Å²) in [4.78, 5) is 8.95. The molecule has 0 fully saturated rings. The Morgan fingerprint density at radius 3 is 3.00 bits per heavy atom. The second kappa shape index (κ2) is 5.23. The van der Waals surface area contributed by atoms with Crippen molar-refractivity contribution in [2.75, 3.05) is 18.6 Å². The van der Waals surface area contributed by atoms with Crippen molar-refractivity contribution in [2.24, 2.45) is 5.84 Å². The van der Waals surface area contributed by atoms with E-state index in [0.717, 1.165) is 49.6 Å². The van der Waals surface area contributed by atoms with Gasteiger partial charge in [-0.25, -0.2) is 15.8 Å². The van der Waals surface area contributed by atoms with E-state index in [-0.39, 0.29) is 0 Å². The van der Waals surface area contributed by atoms with Gasteiger partial charge in [0.2, 0.25) is 0 Å². The molecular weight excluding hydrogens is 204 g/mol. The number of nitrogens with two attached hydrogens (primary N) is 1. The van der Waals surface area contributed by atoms with E-state index in [4.69, 9.17) is 10.6 Å². The first kappa shape index (κ1) is 11.3. The van der Waals surface area contributed by atoms with E-state index < -0.39 is 0 Å². The zero-order valence-electron chi connectivity index (χ0n) is 9.62. The number of aromatic nitrogens is 2. The largest absolute Gasteiger partial charge is 0.381 e. The molecule has 1 aliphatic rings. The average molecular weight is 222 g/mol. The molecule has 0 atom stereocenters. The lowest BCUT2D eigenvalue weighted by Gasteiger charge is -2.09. The molecule has 16 heavy (non-hydrogen) atoms. The first-order valence-electron chi connectivity index (χ1n) is 5.78. The summed E-state index contributed by atoms with van der Waals surface area (Å²) in [5, 5.41) is 0. The number of anilines is 1. The van der Waals surface area contributed by atoms with E-state index in [1.165, 1.54) is 5.56 Å². The van der Waals surface area contributed by atoms with Crippen LogP contribution < -0.4 is 11.3 Å². The molecule has 1 aromatic heterocycles. The zero-order chi connectivity index (χ0) is 11.4. The van der Waals surface area contributed by atoms with Crippen LogP contribution in [0, 0.1) is 0 Å². The summed E-state index contributed by atoms with van der Waals surface area (Å²) in [6, 6.07) is 0. The highest BCUT2D eigenvalue weighted by Gasteiger charge is 2.18. The normalized spacial score (nSPS) is 13.9. The quantitative estimate of drug-likeness (QED) is 0.438. The number of aryl methyl sites for hydroxylation is 1. The Kier molecular flexibility index (Phi) is 3.69. The Balaban J connectivity index is 2.14. The summed E-state index contributed by atoms with van der Waals surface area (Å²) < 4.78 is 5.30. The van der Waals surface area contributed by atoms with Gasteiger partial charge in [0, 0.05) is 24.3 Å². The molecular formula is C11H18N4O. The van der Waals surface area contributed by atoms with Crippen LogP contribution in [0.1, 0.15) is 30.4 Å². The predicted molar refractivity (Wildman–Crippen MR) is 62.1 cm³/mol. The monoisotopic (exact) mass is 222 g/mol.